The van der Waals surface area contributed by atoms with Crippen molar-refractivity contribution < 1.29 is 0 Å². The van der Waals surface area contributed by atoms with Gasteiger partial charge in [0.2, 0.25) is 0 Å². The Kier molecular flexibility index (Phi) is 3.24. The summed E-state index contributed by atoms with van der Waals surface area (Å²) in [4.78, 5) is 2.25. The first-order valence-corrected chi connectivity index (χ1v) is 4.56. The molecule has 0 aromatic carbocycles. The third-order valence-electron chi connectivity index (χ3n) is 2.53. The lowest BCUT2D eigenvalue weighted by Crippen LogP contribution is -2.63. The summed E-state index contributed by atoms with van der Waals surface area (Å²) in [5.74, 6) is 0.145. The van der Waals surface area contributed by atoms with Crippen LogP contribution in [0.5, 0.6) is 0 Å². The Morgan fingerprint density at radius 1 is 1.42 bits per heavy atom. The molecule has 3 unspecified atom stereocenters. The van der Waals surface area contributed by atoms with Crippen molar-refractivity contribution in [2.24, 2.45) is 0 Å². The van der Waals surface area contributed by atoms with Crippen LogP contribution < -0.4 is 5.32 Å². The highest BCUT2D eigenvalue weighted by molar-refractivity contribution is 6.14. The first-order valence-electron chi connectivity index (χ1n) is 4.56. The number of hydrogen-bond donors (Lipinski definition) is 1. The molecule has 0 aromatic rings. The average Bonchev–Trinajstić information content (AvgIpc) is 1.97. The van der Waals surface area contributed by atoms with Gasteiger partial charge in [-0.25, -0.2) is 0 Å². The lowest BCUT2D eigenvalue weighted by atomic mass is 9.80. The van der Waals surface area contributed by atoms with Gasteiger partial charge < -0.3 is 10.2 Å². The first kappa shape index (κ1) is 10.1. The predicted octanol–water partition coefficient (Wildman–Crippen LogP) is -0.322. The monoisotopic (exact) mass is 162 g/mol. The van der Waals surface area contributed by atoms with E-state index in [2.05, 4.69) is 31.0 Å². The minimum Gasteiger partial charge on any atom is -0.320 e. The highest BCUT2D eigenvalue weighted by Crippen LogP contribution is 2.14. The zero-order valence-electron chi connectivity index (χ0n) is 8.12. The smallest absolute Gasteiger partial charge is 0.0928 e. The maximum atomic E-state index is 5.94. The molecule has 2 nitrogen and oxygen atoms in total. The Balaban J connectivity index is 2.65. The number of nitrogens with zero attached hydrogens (tertiary/aromatic N) is 1. The van der Waals surface area contributed by atoms with Crippen LogP contribution in [0.3, 0.4) is 0 Å². The fraction of sp³-hybridized carbons (Fsp3) is 1.00. The molecule has 12 heavy (non-hydrogen) atoms. The van der Waals surface area contributed by atoms with E-state index in [9.17, 15) is 0 Å². The topological polar surface area (TPSA) is 15.3 Å². The third-order valence-corrected chi connectivity index (χ3v) is 2.53. The Morgan fingerprint density at radius 2 is 2.00 bits per heavy atom. The van der Waals surface area contributed by atoms with Gasteiger partial charge in [-0.05, 0) is 32.7 Å². The molecule has 3 atom stereocenters. The van der Waals surface area contributed by atoms with Crippen molar-refractivity contribution in [1.29, 1.82) is 0 Å². The number of piperazine rings is 1. The van der Waals surface area contributed by atoms with Crippen LogP contribution in [0.4, 0.5) is 0 Å². The molecular formula is C8H16B2N2. The first-order chi connectivity index (χ1) is 5.54. The van der Waals surface area contributed by atoms with Crippen molar-refractivity contribution in [2.45, 2.75) is 44.7 Å². The molecule has 1 saturated heterocycles. The van der Waals surface area contributed by atoms with E-state index in [4.69, 9.17) is 15.7 Å². The van der Waals surface area contributed by atoms with Crippen LogP contribution in [0.2, 0.25) is 0 Å². The summed E-state index contributed by atoms with van der Waals surface area (Å²) >= 11 is 0. The molecule has 4 radical (unpaired) electrons. The van der Waals surface area contributed by atoms with E-state index in [1.165, 1.54) is 0 Å². The van der Waals surface area contributed by atoms with Crippen LogP contribution in [0.15, 0.2) is 0 Å². The van der Waals surface area contributed by atoms with E-state index in [0.29, 0.717) is 12.1 Å². The fourth-order valence-corrected chi connectivity index (χ4v) is 1.87. The van der Waals surface area contributed by atoms with Gasteiger partial charge in [0, 0.05) is 18.6 Å². The molecule has 1 aliphatic rings. The van der Waals surface area contributed by atoms with Crippen LogP contribution in [0.1, 0.15) is 20.8 Å². The summed E-state index contributed by atoms with van der Waals surface area (Å²) in [6.45, 7) is 7.18. The number of nitrogens with one attached hydrogen (secondary N) is 1. The molecule has 0 saturated carbocycles. The second kappa shape index (κ2) is 3.84. The second-order valence-electron chi connectivity index (χ2n) is 3.78. The molecule has 0 bridgehead atoms. The van der Waals surface area contributed by atoms with Gasteiger partial charge >= 0.3 is 0 Å². The Morgan fingerprint density at radius 3 is 2.42 bits per heavy atom. The normalized spacial score (nSPS) is 38.8. The van der Waals surface area contributed by atoms with Crippen LogP contribution in [-0.2, 0) is 0 Å². The minimum absolute atomic E-state index is 0.0483. The fourth-order valence-electron chi connectivity index (χ4n) is 1.87. The Bertz CT molecular complexity index is 152. The molecule has 0 aliphatic carbocycles. The largest absolute Gasteiger partial charge is 0.320 e. The van der Waals surface area contributed by atoms with Crippen molar-refractivity contribution >= 4 is 15.7 Å². The van der Waals surface area contributed by atoms with E-state index >= 15 is 0 Å². The molecular weight excluding hydrogens is 146 g/mol. The van der Waals surface area contributed by atoms with Crippen molar-refractivity contribution in [3.63, 3.8) is 0 Å². The van der Waals surface area contributed by atoms with Gasteiger partial charge in [0.25, 0.3) is 0 Å². The van der Waals surface area contributed by atoms with E-state index in [1.807, 2.05) is 0 Å². The summed E-state index contributed by atoms with van der Waals surface area (Å²) < 4.78 is 0. The molecule has 1 N–H and O–H groups in total. The third kappa shape index (κ3) is 1.86. The van der Waals surface area contributed by atoms with E-state index in [0.717, 1.165) is 6.54 Å². The van der Waals surface area contributed by atoms with Crippen LogP contribution >= 0.6 is 0 Å². The van der Waals surface area contributed by atoms with Gasteiger partial charge in [0.15, 0.2) is 0 Å². The van der Waals surface area contributed by atoms with Gasteiger partial charge in [-0.3, -0.25) is 0 Å². The zero-order valence-corrected chi connectivity index (χ0v) is 8.12. The quantitative estimate of drug-likeness (QED) is 0.531. The number of hydrogen-bond acceptors (Lipinski definition) is 2. The van der Waals surface area contributed by atoms with Crippen molar-refractivity contribution in [3.05, 3.63) is 0 Å². The van der Waals surface area contributed by atoms with Gasteiger partial charge in [-0.2, -0.15) is 0 Å². The minimum atomic E-state index is 0.0483. The standard InChI is InChI=1S/C8H16B2N2/c1-5(2)12-6(3)8(10)11-4-7(12)9/h5-8,11H,4H2,1-3H3. The van der Waals surface area contributed by atoms with E-state index < -0.39 is 0 Å². The molecule has 0 amide bonds. The van der Waals surface area contributed by atoms with Crippen molar-refractivity contribution in [3.8, 4) is 0 Å². The maximum Gasteiger partial charge on any atom is 0.0928 e. The van der Waals surface area contributed by atoms with E-state index in [1.54, 1.807) is 0 Å². The molecule has 1 heterocycles. The Hall–Kier alpha value is 0.0499. The summed E-state index contributed by atoms with van der Waals surface area (Å²) in [5.41, 5.74) is 0. The van der Waals surface area contributed by atoms with Gasteiger partial charge in [-0.15, -0.1) is 0 Å². The summed E-state index contributed by atoms with van der Waals surface area (Å²) in [6, 6.07) is 0.775. The summed E-state index contributed by atoms with van der Waals surface area (Å²) in [5, 5.41) is 3.18. The molecule has 0 aromatic heterocycles. The highest BCUT2D eigenvalue weighted by Gasteiger charge is 2.29. The van der Waals surface area contributed by atoms with Crippen LogP contribution in [-0.4, -0.2) is 51.1 Å². The maximum absolute atomic E-state index is 5.94. The highest BCUT2D eigenvalue weighted by atomic mass is 15.3. The lowest BCUT2D eigenvalue weighted by Gasteiger charge is -2.46. The van der Waals surface area contributed by atoms with Crippen molar-refractivity contribution in [1.82, 2.24) is 10.2 Å². The molecule has 1 aliphatic heterocycles. The van der Waals surface area contributed by atoms with Crippen LogP contribution in [0.25, 0.3) is 0 Å². The van der Waals surface area contributed by atoms with Gasteiger partial charge in [0.1, 0.15) is 0 Å². The molecule has 1 rings (SSSR count). The predicted molar refractivity (Wildman–Crippen MR) is 53.5 cm³/mol. The Labute approximate surface area is 77.9 Å². The molecule has 4 heteroatoms. The summed E-state index contributed by atoms with van der Waals surface area (Å²) in [7, 11) is 11.8. The van der Waals surface area contributed by atoms with Crippen LogP contribution in [0, 0.1) is 0 Å². The lowest BCUT2D eigenvalue weighted by molar-refractivity contribution is 0.102. The molecule has 0 spiro atoms. The molecule has 64 valence electrons. The molecule has 1 fully saturated rings. The summed E-state index contributed by atoms with van der Waals surface area (Å²) in [6.07, 6.45) is 0. The second-order valence-corrected chi connectivity index (χ2v) is 3.78. The van der Waals surface area contributed by atoms with Gasteiger partial charge in [0.05, 0.1) is 15.7 Å². The zero-order chi connectivity index (χ0) is 9.30. The van der Waals surface area contributed by atoms with E-state index in [-0.39, 0.29) is 11.9 Å². The average molecular weight is 162 g/mol. The van der Waals surface area contributed by atoms with Crippen molar-refractivity contribution in [2.75, 3.05) is 6.54 Å². The SMILES string of the molecule is [B]C1NCC([B])N(C(C)C)C1C. The number of rotatable bonds is 1. The van der Waals surface area contributed by atoms with Gasteiger partial charge in [-0.1, -0.05) is 0 Å².